The number of nitro groups is 1. The first-order valence-electron chi connectivity index (χ1n) is 6.24. The molecule has 9 heteroatoms. The Morgan fingerprint density at radius 3 is 2.52 bits per heavy atom. The summed E-state index contributed by atoms with van der Waals surface area (Å²) in [5.74, 6) is 0. The maximum absolute atomic E-state index is 12.2. The smallest absolute Gasteiger partial charge is 0.289 e. The van der Waals surface area contributed by atoms with Crippen molar-refractivity contribution in [2.75, 3.05) is 27.2 Å². The van der Waals surface area contributed by atoms with Gasteiger partial charge in [-0.05, 0) is 45.6 Å². The van der Waals surface area contributed by atoms with Gasteiger partial charge in [-0.2, -0.15) is 0 Å². The lowest BCUT2D eigenvalue weighted by atomic mass is 10.2. The molecule has 1 rings (SSSR count). The minimum Gasteiger partial charge on any atom is -0.309 e. The van der Waals surface area contributed by atoms with Gasteiger partial charge in [-0.1, -0.05) is 11.6 Å². The van der Waals surface area contributed by atoms with Crippen LogP contribution < -0.4 is 4.72 Å². The Morgan fingerprint density at radius 2 is 2.00 bits per heavy atom. The molecule has 0 unspecified atom stereocenters. The Bertz CT molecular complexity index is 632. The van der Waals surface area contributed by atoms with Crippen LogP contribution in [0.3, 0.4) is 0 Å². The van der Waals surface area contributed by atoms with E-state index in [-0.39, 0.29) is 16.5 Å². The lowest BCUT2D eigenvalue weighted by molar-refractivity contribution is -0.384. The maximum Gasteiger partial charge on any atom is 0.289 e. The molecule has 1 aromatic rings. The lowest BCUT2D eigenvalue weighted by Gasteiger charge is -2.12. The normalized spacial score (nSPS) is 11.9. The van der Waals surface area contributed by atoms with Crippen LogP contribution in [0.2, 0.25) is 5.02 Å². The number of benzene rings is 1. The van der Waals surface area contributed by atoms with Gasteiger partial charge in [0.15, 0.2) is 0 Å². The number of aryl methyl sites for hydroxylation is 1. The van der Waals surface area contributed by atoms with Crippen LogP contribution in [0, 0.1) is 17.0 Å². The molecule has 0 aromatic heterocycles. The number of hydrogen-bond acceptors (Lipinski definition) is 5. The van der Waals surface area contributed by atoms with Crippen molar-refractivity contribution in [3.05, 3.63) is 32.8 Å². The molecule has 1 aromatic carbocycles. The van der Waals surface area contributed by atoms with E-state index in [1.54, 1.807) is 6.92 Å². The molecule has 1 N–H and O–H groups in total. The molecular weight excluding hydrogens is 318 g/mol. The summed E-state index contributed by atoms with van der Waals surface area (Å²) < 4.78 is 26.8. The number of nitrogens with zero attached hydrogens (tertiary/aromatic N) is 2. The summed E-state index contributed by atoms with van der Waals surface area (Å²) in [6, 6.07) is 2.28. The van der Waals surface area contributed by atoms with Crippen LogP contribution in [0.15, 0.2) is 17.0 Å². The first kappa shape index (κ1) is 17.8. The van der Waals surface area contributed by atoms with Gasteiger partial charge in [0, 0.05) is 12.6 Å². The van der Waals surface area contributed by atoms with E-state index in [0.717, 1.165) is 12.6 Å². The minimum absolute atomic E-state index is 0.0796. The van der Waals surface area contributed by atoms with Gasteiger partial charge >= 0.3 is 0 Å². The maximum atomic E-state index is 12.2. The third-order valence-electron chi connectivity index (χ3n) is 2.80. The molecule has 0 saturated heterocycles. The van der Waals surface area contributed by atoms with E-state index >= 15 is 0 Å². The molecule has 118 valence electrons. The molecule has 0 heterocycles. The fourth-order valence-electron chi connectivity index (χ4n) is 1.75. The van der Waals surface area contributed by atoms with E-state index in [4.69, 9.17) is 11.6 Å². The largest absolute Gasteiger partial charge is 0.309 e. The Hall–Kier alpha value is -1.22. The first-order chi connectivity index (χ1) is 9.65. The van der Waals surface area contributed by atoms with Crippen molar-refractivity contribution in [2.24, 2.45) is 0 Å². The monoisotopic (exact) mass is 335 g/mol. The average Bonchev–Trinajstić information content (AvgIpc) is 2.33. The molecule has 0 spiro atoms. The molecule has 0 bridgehead atoms. The number of rotatable bonds is 7. The number of sulfonamides is 1. The number of halogens is 1. The van der Waals surface area contributed by atoms with Crippen molar-refractivity contribution < 1.29 is 13.3 Å². The van der Waals surface area contributed by atoms with Crippen LogP contribution in [0.5, 0.6) is 0 Å². The highest BCUT2D eigenvalue weighted by Crippen LogP contribution is 2.29. The fourth-order valence-corrected chi connectivity index (χ4v) is 3.36. The molecule has 0 aliphatic heterocycles. The van der Waals surface area contributed by atoms with Gasteiger partial charge in [0.2, 0.25) is 10.0 Å². The van der Waals surface area contributed by atoms with Crippen LogP contribution in [0.4, 0.5) is 5.69 Å². The summed E-state index contributed by atoms with van der Waals surface area (Å²) in [6.45, 7) is 2.54. The third-order valence-corrected chi connectivity index (χ3v) is 4.71. The molecule has 0 aliphatic rings. The van der Waals surface area contributed by atoms with E-state index in [9.17, 15) is 18.5 Å². The summed E-state index contributed by atoms with van der Waals surface area (Å²) in [5, 5.41) is 10.8. The Kier molecular flexibility index (Phi) is 6.09. The summed E-state index contributed by atoms with van der Waals surface area (Å²) in [7, 11) is -0.0131. The number of nitrogens with one attached hydrogen (secondary N) is 1. The standard InChI is InChI=1S/C12H18ClN3O4S/c1-9-7-10(13)11(16(17)18)8-12(9)21(19,20)14-5-4-6-15(2)3/h7-8,14H,4-6H2,1-3H3. The SMILES string of the molecule is Cc1cc(Cl)c([N+](=O)[O-])cc1S(=O)(=O)NCCCN(C)C. The molecule has 21 heavy (non-hydrogen) atoms. The first-order valence-corrected chi connectivity index (χ1v) is 8.10. The average molecular weight is 336 g/mol. The highest BCUT2D eigenvalue weighted by molar-refractivity contribution is 7.89. The molecule has 0 amide bonds. The summed E-state index contributed by atoms with van der Waals surface area (Å²) in [5.41, 5.74) is -0.0540. The minimum atomic E-state index is -3.79. The number of nitro benzene ring substituents is 1. The highest BCUT2D eigenvalue weighted by Gasteiger charge is 2.23. The summed E-state index contributed by atoms with van der Waals surface area (Å²) >= 11 is 5.75. The van der Waals surface area contributed by atoms with Gasteiger partial charge in [0.1, 0.15) is 5.02 Å². The second kappa shape index (κ2) is 7.17. The zero-order valence-electron chi connectivity index (χ0n) is 12.1. The van der Waals surface area contributed by atoms with Gasteiger partial charge < -0.3 is 4.90 Å². The summed E-state index contributed by atoms with van der Waals surface area (Å²) in [6.07, 6.45) is 0.640. The van der Waals surface area contributed by atoms with Crippen molar-refractivity contribution in [2.45, 2.75) is 18.2 Å². The van der Waals surface area contributed by atoms with E-state index in [1.165, 1.54) is 6.07 Å². The van der Waals surface area contributed by atoms with Crippen LogP contribution in [0.25, 0.3) is 0 Å². The van der Waals surface area contributed by atoms with Gasteiger partial charge in [0.25, 0.3) is 5.69 Å². The topological polar surface area (TPSA) is 92.5 Å². The van der Waals surface area contributed by atoms with Crippen LogP contribution in [-0.2, 0) is 10.0 Å². The molecule has 7 nitrogen and oxygen atoms in total. The van der Waals surface area contributed by atoms with Gasteiger partial charge in [0.05, 0.1) is 9.82 Å². The predicted octanol–water partition coefficient (Wildman–Crippen LogP) is 1.79. The quantitative estimate of drug-likeness (QED) is 0.466. The second-order valence-electron chi connectivity index (χ2n) is 4.88. The van der Waals surface area contributed by atoms with E-state index in [2.05, 4.69) is 4.72 Å². The van der Waals surface area contributed by atoms with Crippen molar-refractivity contribution in [3.8, 4) is 0 Å². The predicted molar refractivity (Wildman–Crippen MR) is 81.2 cm³/mol. The molecule has 0 saturated carbocycles. The molecule has 0 atom stereocenters. The highest BCUT2D eigenvalue weighted by atomic mass is 35.5. The molecule has 0 aliphatic carbocycles. The molecular formula is C12H18ClN3O4S. The van der Waals surface area contributed by atoms with E-state index < -0.39 is 20.6 Å². The fraction of sp³-hybridized carbons (Fsp3) is 0.500. The van der Waals surface area contributed by atoms with Crippen molar-refractivity contribution >= 4 is 27.3 Å². The van der Waals surface area contributed by atoms with Gasteiger partial charge in [-0.15, -0.1) is 0 Å². The second-order valence-corrected chi connectivity index (χ2v) is 7.02. The molecule has 0 radical (unpaired) electrons. The zero-order valence-corrected chi connectivity index (χ0v) is 13.7. The van der Waals surface area contributed by atoms with Crippen molar-refractivity contribution in [1.82, 2.24) is 9.62 Å². The van der Waals surface area contributed by atoms with Crippen molar-refractivity contribution in [3.63, 3.8) is 0 Å². The Balaban J connectivity index is 2.97. The van der Waals surface area contributed by atoms with E-state index in [0.29, 0.717) is 12.0 Å². The van der Waals surface area contributed by atoms with Gasteiger partial charge in [-0.25, -0.2) is 13.1 Å². The van der Waals surface area contributed by atoms with Crippen LogP contribution >= 0.6 is 11.6 Å². The van der Waals surface area contributed by atoms with Crippen LogP contribution in [0.1, 0.15) is 12.0 Å². The molecule has 0 fully saturated rings. The van der Waals surface area contributed by atoms with Crippen LogP contribution in [-0.4, -0.2) is 45.4 Å². The Labute approximate surface area is 129 Å². The van der Waals surface area contributed by atoms with E-state index in [1.807, 2.05) is 19.0 Å². The van der Waals surface area contributed by atoms with Crippen molar-refractivity contribution in [1.29, 1.82) is 0 Å². The lowest BCUT2D eigenvalue weighted by Crippen LogP contribution is -2.28. The third kappa shape index (κ3) is 4.92. The van der Waals surface area contributed by atoms with Gasteiger partial charge in [-0.3, -0.25) is 10.1 Å². The zero-order chi connectivity index (χ0) is 16.2. The number of hydrogen-bond donors (Lipinski definition) is 1. The summed E-state index contributed by atoms with van der Waals surface area (Å²) in [4.78, 5) is 12.0. The Morgan fingerprint density at radius 1 is 1.38 bits per heavy atom.